The van der Waals surface area contributed by atoms with Gasteiger partial charge in [0.2, 0.25) is 11.8 Å². The quantitative estimate of drug-likeness (QED) is 0.211. The Morgan fingerprint density at radius 1 is 0.844 bits per heavy atom. The molecule has 45 heavy (non-hydrogen) atoms. The van der Waals surface area contributed by atoms with Crippen LogP contribution in [0.2, 0.25) is 0 Å². The number of methoxy groups -OCH3 is 1. The second-order valence-electron chi connectivity index (χ2n) is 10.4. The first-order chi connectivity index (χ1) is 21.7. The van der Waals surface area contributed by atoms with Crippen molar-refractivity contribution in [2.24, 2.45) is 0 Å². The van der Waals surface area contributed by atoms with Crippen molar-refractivity contribution in [1.82, 2.24) is 10.2 Å². The fourth-order valence-electron chi connectivity index (χ4n) is 4.93. The molecule has 4 aromatic carbocycles. The minimum Gasteiger partial charge on any atom is -0.497 e. The van der Waals surface area contributed by atoms with Crippen LogP contribution in [0.3, 0.4) is 0 Å². The van der Waals surface area contributed by atoms with Crippen molar-refractivity contribution in [3.05, 3.63) is 120 Å². The second-order valence-corrected chi connectivity index (χ2v) is 12.3. The zero-order chi connectivity index (χ0) is 32.4. The molecule has 0 unspecified atom stereocenters. The molecule has 0 aliphatic carbocycles. The van der Waals surface area contributed by atoms with Gasteiger partial charge in [0, 0.05) is 20.0 Å². The number of nitrogens with zero attached hydrogens (tertiary/aromatic N) is 2. The number of carbonyl (C=O) groups is 2. The number of aryl methyl sites for hydroxylation is 1. The van der Waals surface area contributed by atoms with Gasteiger partial charge in [0.05, 0.1) is 24.3 Å². The largest absolute Gasteiger partial charge is 0.497 e. The first-order valence-electron chi connectivity index (χ1n) is 14.7. The van der Waals surface area contributed by atoms with Gasteiger partial charge >= 0.3 is 0 Å². The van der Waals surface area contributed by atoms with Crippen LogP contribution in [0.5, 0.6) is 11.5 Å². The number of benzene rings is 4. The van der Waals surface area contributed by atoms with E-state index in [4.69, 9.17) is 9.47 Å². The molecule has 0 saturated carbocycles. The Labute approximate surface area is 265 Å². The van der Waals surface area contributed by atoms with Gasteiger partial charge in [-0.25, -0.2) is 8.42 Å². The summed E-state index contributed by atoms with van der Waals surface area (Å²) in [5.74, 6) is 0.218. The Hall–Kier alpha value is -4.83. The summed E-state index contributed by atoms with van der Waals surface area (Å²) < 4.78 is 40.3. The van der Waals surface area contributed by atoms with E-state index in [2.05, 4.69) is 5.32 Å². The van der Waals surface area contributed by atoms with E-state index in [0.717, 1.165) is 21.0 Å². The predicted octanol–water partition coefficient (Wildman–Crippen LogP) is 4.98. The van der Waals surface area contributed by atoms with E-state index in [0.29, 0.717) is 23.8 Å². The highest BCUT2D eigenvalue weighted by atomic mass is 32.2. The molecule has 0 fully saturated rings. The first kappa shape index (κ1) is 33.1. The average molecular weight is 630 g/mol. The number of nitrogens with one attached hydrogen (secondary N) is 1. The van der Waals surface area contributed by atoms with E-state index in [9.17, 15) is 18.0 Å². The van der Waals surface area contributed by atoms with Crippen LogP contribution in [0.15, 0.2) is 108 Å². The zero-order valence-corrected chi connectivity index (χ0v) is 26.8. The highest BCUT2D eigenvalue weighted by Crippen LogP contribution is 2.27. The molecule has 1 atom stereocenters. The molecule has 0 heterocycles. The van der Waals surface area contributed by atoms with E-state index in [1.165, 1.54) is 24.1 Å². The molecule has 4 rings (SSSR count). The maximum absolute atomic E-state index is 14.4. The molecule has 0 aliphatic heterocycles. The fraction of sp³-hybridized carbons (Fsp3) is 0.257. The van der Waals surface area contributed by atoms with Crippen molar-refractivity contribution in [1.29, 1.82) is 0 Å². The molecule has 4 aromatic rings. The summed E-state index contributed by atoms with van der Waals surface area (Å²) in [7, 11) is -1.14. The molecule has 1 N–H and O–H groups in total. The van der Waals surface area contributed by atoms with Gasteiger partial charge < -0.3 is 19.7 Å². The van der Waals surface area contributed by atoms with Crippen LogP contribution in [0.4, 0.5) is 5.69 Å². The Bertz CT molecular complexity index is 1680. The maximum atomic E-state index is 14.4. The van der Waals surface area contributed by atoms with Gasteiger partial charge in [-0.15, -0.1) is 0 Å². The molecule has 0 bridgehead atoms. The van der Waals surface area contributed by atoms with Gasteiger partial charge in [-0.1, -0.05) is 60.2 Å². The van der Waals surface area contributed by atoms with E-state index < -0.39 is 28.5 Å². The molecule has 0 aromatic heterocycles. The van der Waals surface area contributed by atoms with Gasteiger partial charge in [0.25, 0.3) is 10.0 Å². The molecular formula is C35H39N3O6S. The lowest BCUT2D eigenvalue weighted by molar-refractivity contribution is -0.139. The second kappa shape index (κ2) is 15.3. The van der Waals surface area contributed by atoms with E-state index >= 15 is 0 Å². The maximum Gasteiger partial charge on any atom is 0.264 e. The number of rotatable bonds is 14. The van der Waals surface area contributed by atoms with E-state index in [1.807, 2.05) is 50.2 Å². The van der Waals surface area contributed by atoms with Crippen LogP contribution in [-0.2, 0) is 32.6 Å². The van der Waals surface area contributed by atoms with Gasteiger partial charge in [0.15, 0.2) is 0 Å². The van der Waals surface area contributed by atoms with Crippen molar-refractivity contribution < 1.29 is 27.5 Å². The molecule has 9 nitrogen and oxygen atoms in total. The first-order valence-corrected chi connectivity index (χ1v) is 16.1. The molecule has 10 heteroatoms. The number of likely N-dealkylation sites (N-methyl/N-ethyl adjacent to an activating group) is 1. The third-order valence-electron chi connectivity index (χ3n) is 7.33. The molecule has 0 radical (unpaired) electrons. The molecule has 0 spiro atoms. The molecule has 0 saturated heterocycles. The zero-order valence-electron chi connectivity index (χ0n) is 26.0. The van der Waals surface area contributed by atoms with Crippen LogP contribution >= 0.6 is 0 Å². The normalized spacial score (nSPS) is 11.7. The molecule has 0 aliphatic rings. The Kier molecular flexibility index (Phi) is 11.2. The minimum atomic E-state index is -4.21. The summed E-state index contributed by atoms with van der Waals surface area (Å²) >= 11 is 0. The number of amides is 2. The fourth-order valence-corrected chi connectivity index (χ4v) is 6.34. The van der Waals surface area contributed by atoms with Crippen LogP contribution in [0.25, 0.3) is 0 Å². The third-order valence-corrected chi connectivity index (χ3v) is 9.12. The topological polar surface area (TPSA) is 105 Å². The lowest BCUT2D eigenvalue weighted by Crippen LogP contribution is -2.53. The van der Waals surface area contributed by atoms with Crippen LogP contribution in [-0.4, -0.2) is 58.5 Å². The molecular weight excluding hydrogens is 590 g/mol. The lowest BCUT2D eigenvalue weighted by atomic mass is 10.0. The smallest absolute Gasteiger partial charge is 0.264 e. The number of ether oxygens (including phenoxy) is 2. The summed E-state index contributed by atoms with van der Waals surface area (Å²) in [5, 5.41) is 2.69. The van der Waals surface area contributed by atoms with Gasteiger partial charge in [-0.3, -0.25) is 13.9 Å². The number of anilines is 1. The predicted molar refractivity (Wildman–Crippen MR) is 175 cm³/mol. The third kappa shape index (κ3) is 8.42. The van der Waals surface area contributed by atoms with Crippen LogP contribution in [0.1, 0.15) is 23.6 Å². The minimum absolute atomic E-state index is 0.00538. The van der Waals surface area contributed by atoms with Crippen molar-refractivity contribution in [3.63, 3.8) is 0 Å². The van der Waals surface area contributed by atoms with E-state index in [1.54, 1.807) is 61.7 Å². The lowest BCUT2D eigenvalue weighted by Gasteiger charge is -2.33. The van der Waals surface area contributed by atoms with E-state index in [-0.39, 0.29) is 23.8 Å². The summed E-state index contributed by atoms with van der Waals surface area (Å²) in [4.78, 5) is 29.3. The number of hydrogen-bond acceptors (Lipinski definition) is 6. The SMILES string of the molecule is CCOc1ccc(S(=O)(=O)N(CC(=O)N(Cc2cccc(OC)c2)[C@H](Cc2ccccc2)C(=O)NC)c2ccc(C)cc2)cc1. The van der Waals surface area contributed by atoms with Crippen molar-refractivity contribution in [2.45, 2.75) is 37.8 Å². The Morgan fingerprint density at radius 2 is 1.51 bits per heavy atom. The van der Waals surface area contributed by atoms with Crippen molar-refractivity contribution in [2.75, 3.05) is 31.6 Å². The van der Waals surface area contributed by atoms with Crippen molar-refractivity contribution in [3.8, 4) is 11.5 Å². The van der Waals surface area contributed by atoms with Gasteiger partial charge in [0.1, 0.15) is 24.1 Å². The highest BCUT2D eigenvalue weighted by Gasteiger charge is 2.34. The van der Waals surface area contributed by atoms with Crippen LogP contribution in [0, 0.1) is 6.92 Å². The number of carbonyl (C=O) groups excluding carboxylic acids is 2. The standard InChI is InChI=1S/C35H39N3O6S/c1-5-44-30-18-20-32(21-19-30)45(41,42)38(29-16-14-26(2)15-17-29)25-34(39)37(24-28-12-9-13-31(22-28)43-4)33(35(40)36-3)23-27-10-7-6-8-11-27/h6-22,33H,5,23-25H2,1-4H3,(H,36,40)/t33-/m1/s1. The molecule has 2 amide bonds. The summed E-state index contributed by atoms with van der Waals surface area (Å²) in [6.45, 7) is 3.69. The monoisotopic (exact) mass is 629 g/mol. The van der Waals surface area contributed by atoms with Gasteiger partial charge in [-0.2, -0.15) is 0 Å². The molecule has 236 valence electrons. The Morgan fingerprint density at radius 3 is 2.13 bits per heavy atom. The summed E-state index contributed by atoms with van der Waals surface area (Å²) in [6.07, 6.45) is 0.229. The van der Waals surface area contributed by atoms with Crippen LogP contribution < -0.4 is 19.1 Å². The average Bonchev–Trinajstić information content (AvgIpc) is 3.06. The number of hydrogen-bond donors (Lipinski definition) is 1. The highest BCUT2D eigenvalue weighted by molar-refractivity contribution is 7.92. The summed E-state index contributed by atoms with van der Waals surface area (Å²) in [6, 6.07) is 28.7. The summed E-state index contributed by atoms with van der Waals surface area (Å²) in [5.41, 5.74) is 2.84. The number of sulfonamides is 1. The Balaban J connectivity index is 1.78. The van der Waals surface area contributed by atoms with Gasteiger partial charge in [-0.05, 0) is 73.5 Å². The van der Waals surface area contributed by atoms with Crippen molar-refractivity contribution >= 4 is 27.5 Å².